The summed E-state index contributed by atoms with van der Waals surface area (Å²) < 4.78 is 0. The fourth-order valence-corrected chi connectivity index (χ4v) is 1.60. The quantitative estimate of drug-likeness (QED) is 0.535. The van der Waals surface area contributed by atoms with Crippen LogP contribution in [0.2, 0.25) is 0 Å². The third-order valence-electron chi connectivity index (χ3n) is 2.77. The van der Waals surface area contributed by atoms with Crippen molar-refractivity contribution in [1.82, 2.24) is 10.2 Å². The zero-order valence-corrected chi connectivity index (χ0v) is 10.1. The molecule has 1 amide bonds. The number of aliphatic hydroxyl groups is 2. The normalized spacial score (nSPS) is 16.6. The third kappa shape index (κ3) is 4.47. The summed E-state index contributed by atoms with van der Waals surface area (Å²) >= 11 is 0. The highest BCUT2D eigenvalue weighted by molar-refractivity contribution is 5.78. The number of likely N-dealkylation sites (N-methyl/N-ethyl adjacent to an activating group) is 1. The Labute approximate surface area is 96.4 Å². The van der Waals surface area contributed by atoms with Crippen molar-refractivity contribution in [1.29, 1.82) is 0 Å². The largest absolute Gasteiger partial charge is 0.396 e. The zero-order valence-electron chi connectivity index (χ0n) is 10.1. The molecule has 0 radical (unpaired) electrons. The Kier molecular flexibility index (Phi) is 4.70. The molecule has 1 fully saturated rings. The number of amides is 1. The molecule has 0 aromatic rings. The summed E-state index contributed by atoms with van der Waals surface area (Å²) in [4.78, 5) is 13.3. The van der Waals surface area contributed by atoms with Crippen molar-refractivity contribution >= 4 is 5.91 Å². The van der Waals surface area contributed by atoms with Crippen LogP contribution in [-0.2, 0) is 4.79 Å². The summed E-state index contributed by atoms with van der Waals surface area (Å²) in [6.45, 7) is 2.43. The van der Waals surface area contributed by atoms with E-state index in [1.807, 2.05) is 11.9 Å². The van der Waals surface area contributed by atoms with Crippen LogP contribution < -0.4 is 5.32 Å². The molecule has 5 nitrogen and oxygen atoms in total. The van der Waals surface area contributed by atoms with Gasteiger partial charge in [-0.15, -0.1) is 0 Å². The number of carbonyl (C=O) groups is 1. The average molecular weight is 230 g/mol. The van der Waals surface area contributed by atoms with Crippen molar-refractivity contribution in [3.8, 4) is 0 Å². The van der Waals surface area contributed by atoms with E-state index in [2.05, 4.69) is 5.32 Å². The van der Waals surface area contributed by atoms with Crippen molar-refractivity contribution in [2.75, 3.05) is 33.4 Å². The monoisotopic (exact) mass is 230 g/mol. The van der Waals surface area contributed by atoms with Crippen LogP contribution in [0.25, 0.3) is 0 Å². The van der Waals surface area contributed by atoms with Gasteiger partial charge in [0.1, 0.15) is 0 Å². The van der Waals surface area contributed by atoms with Gasteiger partial charge in [-0.25, -0.2) is 0 Å². The molecule has 94 valence electrons. The van der Waals surface area contributed by atoms with Crippen molar-refractivity contribution in [2.24, 2.45) is 5.41 Å². The molecule has 1 aliphatic carbocycles. The Hall–Kier alpha value is -0.650. The second-order valence-electron chi connectivity index (χ2n) is 5.14. The van der Waals surface area contributed by atoms with E-state index in [0.717, 1.165) is 12.8 Å². The smallest absolute Gasteiger partial charge is 0.234 e. The minimum Gasteiger partial charge on any atom is -0.396 e. The van der Waals surface area contributed by atoms with E-state index >= 15 is 0 Å². The summed E-state index contributed by atoms with van der Waals surface area (Å²) in [5.41, 5.74) is -0.547. The number of aliphatic hydroxyl groups excluding tert-OH is 2. The van der Waals surface area contributed by atoms with Crippen LogP contribution in [0.1, 0.15) is 19.8 Å². The maximum atomic E-state index is 11.5. The standard InChI is InChI=1S/C11H22N2O3/c1-11(7-14,8-15)6-13(2)5-10(16)12-9-3-4-9/h9,14-15H,3-8H2,1-2H3,(H,12,16). The van der Waals surface area contributed by atoms with Gasteiger partial charge in [0.05, 0.1) is 19.8 Å². The Morgan fingerprint density at radius 2 is 2.00 bits per heavy atom. The molecule has 0 bridgehead atoms. The van der Waals surface area contributed by atoms with Crippen LogP contribution in [-0.4, -0.2) is 60.4 Å². The molecule has 0 aliphatic heterocycles. The lowest BCUT2D eigenvalue weighted by atomic mass is 9.92. The van der Waals surface area contributed by atoms with Gasteiger partial charge in [-0.1, -0.05) is 6.92 Å². The summed E-state index contributed by atoms with van der Waals surface area (Å²) in [6.07, 6.45) is 2.17. The molecule has 0 heterocycles. The van der Waals surface area contributed by atoms with Gasteiger partial charge in [0.25, 0.3) is 0 Å². The van der Waals surface area contributed by atoms with E-state index in [-0.39, 0.29) is 19.1 Å². The molecule has 3 N–H and O–H groups in total. The van der Waals surface area contributed by atoms with Crippen LogP contribution in [0.3, 0.4) is 0 Å². The third-order valence-corrected chi connectivity index (χ3v) is 2.77. The molecular weight excluding hydrogens is 208 g/mol. The van der Waals surface area contributed by atoms with Crippen molar-refractivity contribution < 1.29 is 15.0 Å². The lowest BCUT2D eigenvalue weighted by molar-refractivity contribution is -0.122. The van der Waals surface area contributed by atoms with Crippen molar-refractivity contribution in [2.45, 2.75) is 25.8 Å². The van der Waals surface area contributed by atoms with E-state index in [1.54, 1.807) is 6.92 Å². The first kappa shape index (κ1) is 13.4. The maximum absolute atomic E-state index is 11.5. The molecule has 1 aliphatic rings. The number of carbonyl (C=O) groups excluding carboxylic acids is 1. The van der Waals surface area contributed by atoms with Gasteiger partial charge in [0, 0.05) is 18.0 Å². The van der Waals surface area contributed by atoms with Gasteiger partial charge >= 0.3 is 0 Å². The Morgan fingerprint density at radius 1 is 1.44 bits per heavy atom. The van der Waals surface area contributed by atoms with Crippen LogP contribution in [0.5, 0.6) is 0 Å². The number of hydrogen-bond acceptors (Lipinski definition) is 4. The summed E-state index contributed by atoms with van der Waals surface area (Å²) in [5.74, 6) is 0.0169. The Bertz CT molecular complexity index is 237. The average Bonchev–Trinajstić information content (AvgIpc) is 3.00. The zero-order chi connectivity index (χ0) is 12.2. The molecule has 0 atom stereocenters. The predicted molar refractivity (Wildman–Crippen MR) is 60.9 cm³/mol. The van der Waals surface area contributed by atoms with Crippen LogP contribution in [0.4, 0.5) is 0 Å². The number of nitrogens with zero attached hydrogens (tertiary/aromatic N) is 1. The predicted octanol–water partition coefficient (Wildman–Crippen LogP) is -0.812. The van der Waals surface area contributed by atoms with E-state index < -0.39 is 5.41 Å². The number of hydrogen-bond donors (Lipinski definition) is 3. The van der Waals surface area contributed by atoms with Gasteiger partial charge in [0.15, 0.2) is 0 Å². The Balaban J connectivity index is 2.27. The highest BCUT2D eigenvalue weighted by Gasteiger charge is 2.27. The second-order valence-corrected chi connectivity index (χ2v) is 5.14. The molecule has 1 saturated carbocycles. The van der Waals surface area contributed by atoms with Crippen LogP contribution in [0, 0.1) is 5.41 Å². The summed E-state index contributed by atoms with van der Waals surface area (Å²) in [7, 11) is 1.82. The molecular formula is C11H22N2O3. The molecule has 5 heteroatoms. The topological polar surface area (TPSA) is 72.8 Å². The lowest BCUT2D eigenvalue weighted by Gasteiger charge is -2.29. The first-order valence-electron chi connectivity index (χ1n) is 5.69. The highest BCUT2D eigenvalue weighted by atomic mass is 16.3. The Morgan fingerprint density at radius 3 is 2.44 bits per heavy atom. The molecule has 16 heavy (non-hydrogen) atoms. The van der Waals surface area contributed by atoms with Gasteiger partial charge < -0.3 is 15.5 Å². The van der Waals surface area contributed by atoms with E-state index in [0.29, 0.717) is 19.1 Å². The van der Waals surface area contributed by atoms with Gasteiger partial charge in [-0.05, 0) is 19.9 Å². The highest BCUT2D eigenvalue weighted by Crippen LogP contribution is 2.18. The summed E-state index contributed by atoms with van der Waals surface area (Å²) in [6, 6.07) is 0.378. The van der Waals surface area contributed by atoms with Crippen molar-refractivity contribution in [3.05, 3.63) is 0 Å². The van der Waals surface area contributed by atoms with E-state index in [1.165, 1.54) is 0 Å². The molecule has 0 aromatic carbocycles. The van der Waals surface area contributed by atoms with E-state index in [4.69, 9.17) is 10.2 Å². The lowest BCUT2D eigenvalue weighted by Crippen LogP contribution is -2.43. The van der Waals surface area contributed by atoms with Crippen LogP contribution in [0.15, 0.2) is 0 Å². The van der Waals surface area contributed by atoms with Crippen LogP contribution >= 0.6 is 0 Å². The van der Waals surface area contributed by atoms with Gasteiger partial charge in [-0.2, -0.15) is 0 Å². The molecule has 0 aromatic heterocycles. The second kappa shape index (κ2) is 5.61. The molecule has 1 rings (SSSR count). The number of rotatable bonds is 7. The van der Waals surface area contributed by atoms with E-state index in [9.17, 15) is 4.79 Å². The summed E-state index contributed by atoms with van der Waals surface area (Å²) in [5, 5.41) is 21.2. The fraction of sp³-hybridized carbons (Fsp3) is 0.909. The van der Waals surface area contributed by atoms with Gasteiger partial charge in [0.2, 0.25) is 5.91 Å². The molecule has 0 spiro atoms. The minimum atomic E-state index is -0.547. The first-order chi connectivity index (χ1) is 7.49. The maximum Gasteiger partial charge on any atom is 0.234 e. The molecule has 0 unspecified atom stereocenters. The van der Waals surface area contributed by atoms with Crippen molar-refractivity contribution in [3.63, 3.8) is 0 Å². The fourth-order valence-electron chi connectivity index (χ4n) is 1.60. The minimum absolute atomic E-state index is 0.0169. The SMILES string of the molecule is CN(CC(=O)NC1CC1)CC(C)(CO)CO. The first-order valence-corrected chi connectivity index (χ1v) is 5.69. The molecule has 0 saturated heterocycles. The number of nitrogens with one attached hydrogen (secondary N) is 1. The van der Waals surface area contributed by atoms with Gasteiger partial charge in [-0.3, -0.25) is 9.69 Å².